The maximum absolute atomic E-state index is 6.60. The summed E-state index contributed by atoms with van der Waals surface area (Å²) >= 11 is 0. The van der Waals surface area contributed by atoms with Crippen molar-refractivity contribution in [2.24, 2.45) is 0 Å². The number of nitrogens with zero attached hydrogens (tertiary/aromatic N) is 2. The monoisotopic (exact) mass is 854 g/mol. The van der Waals surface area contributed by atoms with Crippen LogP contribution in [0.15, 0.2) is 259 Å². The van der Waals surface area contributed by atoms with E-state index in [9.17, 15) is 0 Å². The summed E-state index contributed by atoms with van der Waals surface area (Å²) in [6.07, 6.45) is 0. The number of aromatic nitrogens is 1. The highest BCUT2D eigenvalue weighted by molar-refractivity contribution is 6.15. The average Bonchev–Trinajstić information content (AvgIpc) is 3.95. The summed E-state index contributed by atoms with van der Waals surface area (Å²) in [5.41, 5.74) is 17.8. The van der Waals surface area contributed by atoms with Gasteiger partial charge in [0.2, 0.25) is 0 Å². The Bertz CT molecular complexity index is 3850. The number of para-hydroxylation sites is 3. The molecule has 0 N–H and O–H groups in total. The minimum atomic E-state index is 0.889. The fourth-order valence-electron chi connectivity index (χ4n) is 10.2. The molecule has 13 aromatic rings. The minimum absolute atomic E-state index is 0.889. The van der Waals surface area contributed by atoms with Crippen LogP contribution in [-0.2, 0) is 0 Å². The summed E-state index contributed by atoms with van der Waals surface area (Å²) in [7, 11) is 0. The maximum Gasteiger partial charge on any atom is 0.143 e. The first-order valence-corrected chi connectivity index (χ1v) is 22.9. The van der Waals surface area contributed by atoms with Crippen LogP contribution in [-0.4, -0.2) is 4.57 Å². The van der Waals surface area contributed by atoms with E-state index in [1.54, 1.807) is 0 Å². The lowest BCUT2D eigenvalue weighted by Gasteiger charge is -2.27. The number of fused-ring (bicyclic) bond motifs is 8. The summed E-state index contributed by atoms with van der Waals surface area (Å²) in [6.45, 7) is 0. The van der Waals surface area contributed by atoms with Crippen molar-refractivity contribution >= 4 is 71.6 Å². The van der Waals surface area contributed by atoms with Gasteiger partial charge in [0.25, 0.3) is 0 Å². The quantitative estimate of drug-likeness (QED) is 0.152. The molecular weight excluding hydrogens is 813 g/mol. The van der Waals surface area contributed by atoms with Crippen LogP contribution in [0.4, 0.5) is 17.1 Å². The van der Waals surface area contributed by atoms with Crippen LogP contribution >= 0.6 is 0 Å². The molecule has 0 aliphatic rings. The highest BCUT2D eigenvalue weighted by atomic mass is 16.3. The molecule has 0 fully saturated rings. The van der Waals surface area contributed by atoms with Gasteiger partial charge < -0.3 is 13.9 Å². The standard InChI is InChI=1S/C64H42N2O/c1-3-15-43(16-4-1)49-39-50(44-17-5-2-6-18-44)41-53(40-49)65(51-33-27-45(28-34-51)48-32-37-58-59-38-31-46-19-7-8-21-55(46)64(59)67-63(58)42-48)52-35-29-47(30-36-52)54-20-9-12-24-60(54)66-61-25-13-10-22-56(61)57-23-11-14-26-62(57)66/h1-42H. The molecule has 0 saturated carbocycles. The van der Waals surface area contributed by atoms with Crippen LogP contribution in [0.3, 0.4) is 0 Å². The second kappa shape index (κ2) is 16.0. The molecule has 0 atom stereocenters. The van der Waals surface area contributed by atoms with E-state index >= 15 is 0 Å². The third-order valence-electron chi connectivity index (χ3n) is 13.4. The first-order chi connectivity index (χ1) is 33.2. The number of furan rings is 1. The lowest BCUT2D eigenvalue weighted by atomic mass is 9.97. The Balaban J connectivity index is 0.940. The normalized spacial score (nSPS) is 11.6. The van der Waals surface area contributed by atoms with E-state index in [1.807, 2.05) is 0 Å². The zero-order chi connectivity index (χ0) is 44.3. The molecule has 0 spiro atoms. The molecule has 3 heteroatoms. The van der Waals surface area contributed by atoms with Crippen LogP contribution in [0.2, 0.25) is 0 Å². The molecule has 11 aromatic carbocycles. The SMILES string of the molecule is c1ccc(-c2cc(-c3ccccc3)cc(N(c3ccc(-c4ccc5c(c4)oc4c6ccccc6ccc54)cc3)c3ccc(-c4ccccc4-n4c5ccccc5c5ccccc54)cc3)c2)cc1. The zero-order valence-corrected chi connectivity index (χ0v) is 36.6. The van der Waals surface area contributed by atoms with Gasteiger partial charge in [-0.05, 0) is 123 Å². The molecule has 0 bridgehead atoms. The predicted molar refractivity (Wildman–Crippen MR) is 282 cm³/mol. The molecule has 0 aliphatic carbocycles. The summed E-state index contributed by atoms with van der Waals surface area (Å²) < 4.78 is 9.01. The first-order valence-electron chi connectivity index (χ1n) is 22.9. The van der Waals surface area contributed by atoms with E-state index < -0.39 is 0 Å². The van der Waals surface area contributed by atoms with Gasteiger partial charge in [0, 0.05) is 49.6 Å². The second-order valence-electron chi connectivity index (χ2n) is 17.3. The van der Waals surface area contributed by atoms with Gasteiger partial charge in [-0.25, -0.2) is 0 Å². The van der Waals surface area contributed by atoms with Gasteiger partial charge in [0.05, 0.1) is 16.7 Å². The van der Waals surface area contributed by atoms with Crippen molar-refractivity contribution in [3.63, 3.8) is 0 Å². The van der Waals surface area contributed by atoms with Crippen molar-refractivity contribution in [1.29, 1.82) is 0 Å². The van der Waals surface area contributed by atoms with Gasteiger partial charge in [-0.2, -0.15) is 0 Å². The Kier molecular flexibility index (Phi) is 9.17. The van der Waals surface area contributed by atoms with Gasteiger partial charge in [-0.3, -0.25) is 0 Å². The van der Waals surface area contributed by atoms with Crippen LogP contribution in [0.25, 0.3) is 105 Å². The van der Waals surface area contributed by atoms with Crippen LogP contribution in [0.5, 0.6) is 0 Å². The average molecular weight is 855 g/mol. The number of anilines is 3. The van der Waals surface area contributed by atoms with Crippen LogP contribution in [0, 0.1) is 0 Å². The Morgan fingerprint density at radius 1 is 0.299 bits per heavy atom. The largest absolute Gasteiger partial charge is 0.455 e. The lowest BCUT2D eigenvalue weighted by Crippen LogP contribution is -2.10. The van der Waals surface area contributed by atoms with E-state index in [0.29, 0.717) is 0 Å². The fraction of sp³-hybridized carbons (Fsp3) is 0. The maximum atomic E-state index is 6.60. The van der Waals surface area contributed by atoms with Gasteiger partial charge in [-0.1, -0.05) is 176 Å². The molecule has 0 aliphatic heterocycles. The molecule has 2 heterocycles. The fourth-order valence-corrected chi connectivity index (χ4v) is 10.2. The van der Waals surface area contributed by atoms with Gasteiger partial charge in [-0.15, -0.1) is 0 Å². The molecule has 3 nitrogen and oxygen atoms in total. The highest BCUT2D eigenvalue weighted by Crippen LogP contribution is 2.43. The van der Waals surface area contributed by atoms with E-state index in [4.69, 9.17) is 4.42 Å². The summed E-state index contributed by atoms with van der Waals surface area (Å²) in [6, 6.07) is 91.9. The number of rotatable bonds is 8. The Labute approximate surface area is 388 Å². The van der Waals surface area contributed by atoms with Crippen molar-refractivity contribution < 1.29 is 4.42 Å². The topological polar surface area (TPSA) is 21.3 Å². The Morgan fingerprint density at radius 2 is 0.806 bits per heavy atom. The van der Waals surface area contributed by atoms with Crippen molar-refractivity contribution in [2.75, 3.05) is 4.90 Å². The number of hydrogen-bond donors (Lipinski definition) is 0. The zero-order valence-electron chi connectivity index (χ0n) is 36.6. The van der Waals surface area contributed by atoms with E-state index in [1.165, 1.54) is 43.9 Å². The van der Waals surface area contributed by atoms with Crippen LogP contribution < -0.4 is 4.90 Å². The van der Waals surface area contributed by atoms with Crippen molar-refractivity contribution in [3.8, 4) is 50.2 Å². The van der Waals surface area contributed by atoms with Gasteiger partial charge in [0.1, 0.15) is 11.2 Å². The highest BCUT2D eigenvalue weighted by Gasteiger charge is 2.19. The Morgan fingerprint density at radius 3 is 1.46 bits per heavy atom. The number of benzene rings is 11. The van der Waals surface area contributed by atoms with Crippen molar-refractivity contribution in [1.82, 2.24) is 4.57 Å². The molecule has 0 amide bonds. The minimum Gasteiger partial charge on any atom is -0.455 e. The molecule has 0 saturated heterocycles. The van der Waals surface area contributed by atoms with E-state index in [-0.39, 0.29) is 0 Å². The molecule has 67 heavy (non-hydrogen) atoms. The van der Waals surface area contributed by atoms with E-state index in [2.05, 4.69) is 264 Å². The summed E-state index contributed by atoms with van der Waals surface area (Å²) in [5.74, 6) is 0. The van der Waals surface area contributed by atoms with Gasteiger partial charge in [0.15, 0.2) is 0 Å². The molecule has 0 unspecified atom stereocenters. The number of hydrogen-bond acceptors (Lipinski definition) is 2. The molecular formula is C64H42N2O. The second-order valence-corrected chi connectivity index (χ2v) is 17.3. The Hall–Kier alpha value is -8.92. The van der Waals surface area contributed by atoms with Crippen molar-refractivity contribution in [3.05, 3.63) is 255 Å². The molecule has 2 aromatic heterocycles. The third kappa shape index (κ3) is 6.67. The van der Waals surface area contributed by atoms with Crippen molar-refractivity contribution in [2.45, 2.75) is 0 Å². The summed E-state index contributed by atoms with van der Waals surface area (Å²) in [4.78, 5) is 2.39. The lowest BCUT2D eigenvalue weighted by molar-refractivity contribution is 0.673. The molecule has 0 radical (unpaired) electrons. The summed E-state index contributed by atoms with van der Waals surface area (Å²) in [5, 5.41) is 7.08. The van der Waals surface area contributed by atoms with Crippen LogP contribution in [0.1, 0.15) is 0 Å². The predicted octanol–water partition coefficient (Wildman–Crippen LogP) is 18.0. The van der Waals surface area contributed by atoms with E-state index in [0.717, 1.165) is 77.9 Å². The van der Waals surface area contributed by atoms with Gasteiger partial charge >= 0.3 is 0 Å². The third-order valence-corrected chi connectivity index (χ3v) is 13.4. The molecule has 13 rings (SSSR count). The first kappa shape index (κ1) is 38.5. The smallest absolute Gasteiger partial charge is 0.143 e. The molecule has 314 valence electrons.